The van der Waals surface area contributed by atoms with Gasteiger partial charge in [-0.3, -0.25) is 9.59 Å². The van der Waals surface area contributed by atoms with Crippen LogP contribution in [0.3, 0.4) is 0 Å². The molecule has 0 bridgehead atoms. The van der Waals surface area contributed by atoms with E-state index in [4.69, 9.17) is 9.47 Å². The van der Waals surface area contributed by atoms with E-state index in [1.165, 1.54) is 12.1 Å². The Balaban J connectivity index is 2.12. The Morgan fingerprint density at radius 2 is 1.74 bits per heavy atom. The van der Waals surface area contributed by atoms with Crippen molar-refractivity contribution in [1.29, 1.82) is 0 Å². The fourth-order valence-electron chi connectivity index (χ4n) is 4.09. The number of hydrogen-bond acceptors (Lipinski definition) is 4. The first-order valence-corrected chi connectivity index (χ1v) is 11.8. The number of carbonyl (C=O) groups is 2. The van der Waals surface area contributed by atoms with E-state index in [1.54, 1.807) is 25.1 Å². The van der Waals surface area contributed by atoms with E-state index in [-0.39, 0.29) is 37.3 Å². The highest BCUT2D eigenvalue weighted by Crippen LogP contribution is 2.38. The van der Waals surface area contributed by atoms with Crippen LogP contribution in [0.2, 0.25) is 0 Å². The predicted molar refractivity (Wildman–Crippen MR) is 133 cm³/mol. The minimum Gasteiger partial charge on any atom is -0.466 e. The van der Waals surface area contributed by atoms with Crippen LogP contribution in [0.1, 0.15) is 58.7 Å². The number of carbonyl (C=O) groups excluding carboxylic acids is 2. The van der Waals surface area contributed by atoms with Crippen LogP contribution in [0.25, 0.3) is 28.1 Å². The summed E-state index contributed by atoms with van der Waals surface area (Å²) < 4.78 is 26.5. The van der Waals surface area contributed by atoms with Crippen molar-refractivity contribution in [1.82, 2.24) is 4.57 Å². The zero-order valence-corrected chi connectivity index (χ0v) is 20.2. The standard InChI is InChI=1S/C28H32FNO4/c1-5-9-26(31)34-22(18-27(32)33-6-2)16-17-25-28(20-12-14-21(29)15-13-20)23-10-7-8-11-24(23)30(25)19(3)4/h7-8,10-17,19,22H,5-6,9,18H2,1-4H3/b17-16+/t22-/m0/s1. The first-order chi connectivity index (χ1) is 16.3. The van der Waals surface area contributed by atoms with E-state index in [0.29, 0.717) is 6.42 Å². The lowest BCUT2D eigenvalue weighted by molar-refractivity contribution is -0.152. The minimum atomic E-state index is -0.752. The summed E-state index contributed by atoms with van der Waals surface area (Å²) in [5.74, 6) is -1.08. The van der Waals surface area contributed by atoms with Gasteiger partial charge in [0.15, 0.2) is 0 Å². The van der Waals surface area contributed by atoms with E-state index in [1.807, 2.05) is 31.2 Å². The number of fused-ring (bicyclic) bond motifs is 1. The van der Waals surface area contributed by atoms with Crippen molar-refractivity contribution in [3.8, 4) is 11.1 Å². The van der Waals surface area contributed by atoms with Gasteiger partial charge in [0.25, 0.3) is 0 Å². The molecule has 0 aliphatic carbocycles. The molecular weight excluding hydrogens is 433 g/mol. The average Bonchev–Trinajstić information content (AvgIpc) is 3.12. The maximum atomic E-state index is 13.7. The summed E-state index contributed by atoms with van der Waals surface area (Å²) >= 11 is 0. The normalized spacial score (nSPS) is 12.4. The van der Waals surface area contributed by atoms with E-state index in [0.717, 1.165) is 27.7 Å². The number of halogens is 1. The number of hydrogen-bond donors (Lipinski definition) is 0. The summed E-state index contributed by atoms with van der Waals surface area (Å²) in [4.78, 5) is 24.3. The minimum absolute atomic E-state index is 0.0619. The van der Waals surface area contributed by atoms with Crippen LogP contribution in [-0.2, 0) is 19.1 Å². The molecule has 0 aliphatic rings. The van der Waals surface area contributed by atoms with Gasteiger partial charge in [0.1, 0.15) is 11.9 Å². The van der Waals surface area contributed by atoms with E-state index >= 15 is 0 Å². The van der Waals surface area contributed by atoms with Gasteiger partial charge in [0, 0.05) is 34.6 Å². The molecule has 1 heterocycles. The number of nitrogens with zero attached hydrogens (tertiary/aromatic N) is 1. The summed E-state index contributed by atoms with van der Waals surface area (Å²) in [5, 5.41) is 1.03. The molecule has 0 unspecified atom stereocenters. The van der Waals surface area contributed by atoms with Crippen LogP contribution in [0.5, 0.6) is 0 Å². The highest BCUT2D eigenvalue weighted by atomic mass is 19.1. The van der Waals surface area contributed by atoms with Crippen LogP contribution in [0.4, 0.5) is 4.39 Å². The Morgan fingerprint density at radius 3 is 2.38 bits per heavy atom. The fraction of sp³-hybridized carbons (Fsp3) is 0.357. The Morgan fingerprint density at radius 1 is 1.03 bits per heavy atom. The molecule has 0 N–H and O–H groups in total. The van der Waals surface area contributed by atoms with Gasteiger partial charge in [-0.15, -0.1) is 0 Å². The SMILES string of the molecule is CCCC(=O)O[C@@H](/C=C/c1c(-c2ccc(F)cc2)c2ccccc2n1C(C)C)CC(=O)OCC. The number of esters is 2. The zero-order valence-electron chi connectivity index (χ0n) is 20.2. The van der Waals surface area contributed by atoms with Gasteiger partial charge in [-0.1, -0.05) is 37.3 Å². The third-order valence-corrected chi connectivity index (χ3v) is 5.48. The van der Waals surface area contributed by atoms with Crippen LogP contribution < -0.4 is 0 Å². The fourth-order valence-corrected chi connectivity index (χ4v) is 4.09. The van der Waals surface area contributed by atoms with Gasteiger partial charge >= 0.3 is 11.9 Å². The molecule has 6 heteroatoms. The Bertz CT molecular complexity index is 1140. The highest BCUT2D eigenvalue weighted by molar-refractivity contribution is 6.01. The van der Waals surface area contributed by atoms with Gasteiger partial charge in [-0.2, -0.15) is 0 Å². The summed E-state index contributed by atoms with van der Waals surface area (Å²) in [6, 6.07) is 14.6. The maximum Gasteiger partial charge on any atom is 0.309 e. The predicted octanol–water partition coefficient (Wildman–Crippen LogP) is 6.71. The average molecular weight is 466 g/mol. The Labute approximate surface area is 200 Å². The molecule has 180 valence electrons. The molecule has 2 aromatic carbocycles. The van der Waals surface area contributed by atoms with Gasteiger partial charge < -0.3 is 14.0 Å². The van der Waals surface area contributed by atoms with Crippen molar-refractivity contribution in [2.24, 2.45) is 0 Å². The van der Waals surface area contributed by atoms with E-state index in [9.17, 15) is 14.0 Å². The van der Waals surface area contributed by atoms with Crippen LogP contribution in [0, 0.1) is 5.82 Å². The monoisotopic (exact) mass is 465 g/mol. The van der Waals surface area contributed by atoms with Crippen LogP contribution >= 0.6 is 0 Å². The third-order valence-electron chi connectivity index (χ3n) is 5.48. The lowest BCUT2D eigenvalue weighted by atomic mass is 10.0. The largest absolute Gasteiger partial charge is 0.466 e. The number of ether oxygens (including phenoxy) is 2. The molecule has 0 saturated heterocycles. The molecule has 1 aromatic heterocycles. The molecule has 0 aliphatic heterocycles. The molecular formula is C28H32FNO4. The topological polar surface area (TPSA) is 57.5 Å². The smallest absolute Gasteiger partial charge is 0.309 e. The number of para-hydroxylation sites is 1. The molecule has 3 rings (SSSR count). The molecule has 0 saturated carbocycles. The zero-order chi connectivity index (χ0) is 24.7. The van der Waals surface area contributed by atoms with E-state index in [2.05, 4.69) is 24.5 Å². The maximum absolute atomic E-state index is 13.7. The first kappa shape index (κ1) is 25.2. The molecule has 1 atom stereocenters. The van der Waals surface area contributed by atoms with Gasteiger partial charge in [0.2, 0.25) is 0 Å². The van der Waals surface area contributed by atoms with Crippen molar-refractivity contribution in [2.45, 2.75) is 59.1 Å². The summed E-state index contributed by atoms with van der Waals surface area (Å²) in [5.41, 5.74) is 3.77. The second-order valence-electron chi connectivity index (χ2n) is 8.39. The number of aromatic nitrogens is 1. The van der Waals surface area contributed by atoms with Gasteiger partial charge in [0.05, 0.1) is 13.0 Å². The summed E-state index contributed by atoms with van der Waals surface area (Å²) in [6.45, 7) is 8.08. The molecule has 0 amide bonds. The van der Waals surface area contributed by atoms with Crippen molar-refractivity contribution < 1.29 is 23.5 Å². The van der Waals surface area contributed by atoms with E-state index < -0.39 is 12.1 Å². The molecule has 34 heavy (non-hydrogen) atoms. The molecule has 0 radical (unpaired) electrons. The lowest BCUT2D eigenvalue weighted by Gasteiger charge is -2.16. The Kier molecular flexibility index (Phi) is 8.63. The molecule has 0 spiro atoms. The Hall–Kier alpha value is -3.41. The molecule has 3 aromatic rings. The van der Waals surface area contributed by atoms with Crippen molar-refractivity contribution in [2.75, 3.05) is 6.61 Å². The molecule has 0 fully saturated rings. The van der Waals surface area contributed by atoms with Crippen molar-refractivity contribution >= 4 is 28.9 Å². The third kappa shape index (κ3) is 5.93. The second kappa shape index (κ2) is 11.6. The highest BCUT2D eigenvalue weighted by Gasteiger charge is 2.21. The van der Waals surface area contributed by atoms with Crippen LogP contribution in [0.15, 0.2) is 54.6 Å². The number of benzene rings is 2. The quantitative estimate of drug-likeness (QED) is 0.312. The van der Waals surface area contributed by atoms with Crippen molar-refractivity contribution in [3.63, 3.8) is 0 Å². The first-order valence-electron chi connectivity index (χ1n) is 11.8. The number of rotatable bonds is 10. The summed E-state index contributed by atoms with van der Waals surface area (Å²) in [6.07, 6.45) is 3.75. The van der Waals surface area contributed by atoms with Crippen molar-refractivity contribution in [3.05, 3.63) is 66.1 Å². The van der Waals surface area contributed by atoms with Gasteiger partial charge in [-0.05, 0) is 63.1 Å². The summed E-state index contributed by atoms with van der Waals surface area (Å²) in [7, 11) is 0. The van der Waals surface area contributed by atoms with Crippen LogP contribution in [-0.4, -0.2) is 29.2 Å². The molecule has 5 nitrogen and oxygen atoms in total. The van der Waals surface area contributed by atoms with Gasteiger partial charge in [-0.25, -0.2) is 4.39 Å². The lowest BCUT2D eigenvalue weighted by Crippen LogP contribution is -2.21. The second-order valence-corrected chi connectivity index (χ2v) is 8.39.